The lowest BCUT2D eigenvalue weighted by atomic mass is 10.0. The maximum atomic E-state index is 13.0. The molecule has 0 radical (unpaired) electrons. The minimum absolute atomic E-state index is 0.00647. The Labute approximate surface area is 156 Å². The molecule has 0 bridgehead atoms. The average molecular weight is 358 g/mol. The highest BCUT2D eigenvalue weighted by molar-refractivity contribution is 5.89. The van der Waals surface area contributed by atoms with E-state index in [1.54, 1.807) is 12.4 Å². The van der Waals surface area contributed by atoms with Gasteiger partial charge >= 0.3 is 0 Å². The standard InChI is InChI=1S/C20H30N4O2/c1-15(2)7-11-23-12-10-22-20(26)18(23)13-19(25)24(17-3-4-17)14-16-5-8-21-9-6-16/h5-6,8-9,15,17-18H,3-4,7,10-14H2,1-2H3,(H,22,26)/t18-/m1/s1. The summed E-state index contributed by atoms with van der Waals surface area (Å²) in [4.78, 5) is 33.6. The molecule has 2 amide bonds. The summed E-state index contributed by atoms with van der Waals surface area (Å²) in [6, 6.07) is 3.88. The molecule has 1 saturated carbocycles. The molecule has 0 unspecified atom stereocenters. The third kappa shape index (κ3) is 5.04. The largest absolute Gasteiger partial charge is 0.353 e. The van der Waals surface area contributed by atoms with E-state index in [1.807, 2.05) is 17.0 Å². The Morgan fingerprint density at radius 1 is 1.35 bits per heavy atom. The van der Waals surface area contributed by atoms with Gasteiger partial charge in [0.15, 0.2) is 0 Å². The van der Waals surface area contributed by atoms with Gasteiger partial charge in [-0.3, -0.25) is 19.5 Å². The van der Waals surface area contributed by atoms with Gasteiger partial charge in [-0.2, -0.15) is 0 Å². The highest BCUT2D eigenvalue weighted by atomic mass is 16.2. The van der Waals surface area contributed by atoms with Crippen LogP contribution in [0, 0.1) is 5.92 Å². The van der Waals surface area contributed by atoms with Gasteiger partial charge in [0.2, 0.25) is 11.8 Å². The highest BCUT2D eigenvalue weighted by Crippen LogP contribution is 2.29. The zero-order chi connectivity index (χ0) is 18.5. The monoisotopic (exact) mass is 358 g/mol. The Kier molecular flexibility index (Phi) is 6.25. The van der Waals surface area contributed by atoms with E-state index in [2.05, 4.69) is 29.0 Å². The van der Waals surface area contributed by atoms with Gasteiger partial charge in [-0.25, -0.2) is 0 Å². The van der Waals surface area contributed by atoms with E-state index in [-0.39, 0.29) is 24.3 Å². The van der Waals surface area contributed by atoms with E-state index in [4.69, 9.17) is 0 Å². The normalized spacial score (nSPS) is 20.9. The minimum Gasteiger partial charge on any atom is -0.353 e. The smallest absolute Gasteiger partial charge is 0.237 e. The Balaban J connectivity index is 1.65. The lowest BCUT2D eigenvalue weighted by Crippen LogP contribution is -2.57. The molecule has 0 aromatic carbocycles. The molecular formula is C20H30N4O2. The first-order chi connectivity index (χ1) is 12.5. The van der Waals surface area contributed by atoms with E-state index in [1.165, 1.54) is 0 Å². The lowest BCUT2D eigenvalue weighted by molar-refractivity contribution is -0.139. The van der Waals surface area contributed by atoms with Crippen LogP contribution in [-0.4, -0.2) is 58.3 Å². The summed E-state index contributed by atoms with van der Waals surface area (Å²) < 4.78 is 0. The fourth-order valence-corrected chi connectivity index (χ4v) is 3.45. The summed E-state index contributed by atoms with van der Waals surface area (Å²) in [5.74, 6) is 0.667. The van der Waals surface area contributed by atoms with Crippen LogP contribution in [0.5, 0.6) is 0 Å². The number of hydrogen-bond donors (Lipinski definition) is 1. The van der Waals surface area contributed by atoms with E-state index in [9.17, 15) is 9.59 Å². The van der Waals surface area contributed by atoms with Crippen molar-refractivity contribution in [2.75, 3.05) is 19.6 Å². The zero-order valence-electron chi connectivity index (χ0n) is 15.9. The quantitative estimate of drug-likeness (QED) is 0.770. The number of nitrogens with zero attached hydrogens (tertiary/aromatic N) is 3. The van der Waals surface area contributed by atoms with Crippen LogP contribution in [0.15, 0.2) is 24.5 Å². The van der Waals surface area contributed by atoms with Crippen LogP contribution >= 0.6 is 0 Å². The van der Waals surface area contributed by atoms with Gasteiger partial charge < -0.3 is 10.2 Å². The molecule has 2 heterocycles. The van der Waals surface area contributed by atoms with Crippen molar-refractivity contribution in [1.82, 2.24) is 20.1 Å². The number of hydrogen-bond acceptors (Lipinski definition) is 4. The molecule has 6 heteroatoms. The number of piperazine rings is 1. The van der Waals surface area contributed by atoms with Gasteiger partial charge in [0.05, 0.1) is 12.5 Å². The molecule has 1 N–H and O–H groups in total. The van der Waals surface area contributed by atoms with Crippen molar-refractivity contribution < 1.29 is 9.59 Å². The summed E-state index contributed by atoms with van der Waals surface area (Å²) in [5.41, 5.74) is 1.09. The van der Waals surface area contributed by atoms with Crippen molar-refractivity contribution in [2.45, 2.75) is 58.2 Å². The zero-order valence-corrected chi connectivity index (χ0v) is 15.9. The number of carbonyl (C=O) groups is 2. The lowest BCUT2D eigenvalue weighted by Gasteiger charge is -2.36. The summed E-state index contributed by atoms with van der Waals surface area (Å²) in [6.45, 7) is 7.35. The first kappa shape index (κ1) is 18.8. The average Bonchev–Trinajstić information content (AvgIpc) is 3.46. The second-order valence-corrected chi connectivity index (χ2v) is 7.84. The van der Waals surface area contributed by atoms with E-state index in [0.717, 1.165) is 37.9 Å². The predicted molar refractivity (Wildman–Crippen MR) is 100 cm³/mol. The molecule has 26 heavy (non-hydrogen) atoms. The highest BCUT2D eigenvalue weighted by Gasteiger charge is 2.37. The van der Waals surface area contributed by atoms with Gasteiger partial charge in [-0.05, 0) is 49.4 Å². The maximum absolute atomic E-state index is 13.0. The number of nitrogens with one attached hydrogen (secondary N) is 1. The maximum Gasteiger partial charge on any atom is 0.237 e. The Hall–Kier alpha value is -1.95. The molecule has 2 aliphatic rings. The van der Waals surface area contributed by atoms with E-state index in [0.29, 0.717) is 25.0 Å². The molecule has 6 nitrogen and oxygen atoms in total. The number of pyridine rings is 1. The second-order valence-electron chi connectivity index (χ2n) is 7.84. The minimum atomic E-state index is -0.339. The van der Waals surface area contributed by atoms with E-state index >= 15 is 0 Å². The molecule has 2 fully saturated rings. The molecule has 1 saturated heterocycles. The van der Waals surface area contributed by atoms with Gasteiger partial charge in [0, 0.05) is 38.1 Å². The van der Waals surface area contributed by atoms with Crippen LogP contribution in [0.25, 0.3) is 0 Å². The molecule has 142 valence electrons. The second kappa shape index (κ2) is 8.62. The van der Waals surface area contributed by atoms with Crippen molar-refractivity contribution in [3.63, 3.8) is 0 Å². The Morgan fingerprint density at radius 3 is 2.73 bits per heavy atom. The Morgan fingerprint density at radius 2 is 2.08 bits per heavy atom. The molecule has 1 aliphatic carbocycles. The molecule has 3 rings (SSSR count). The van der Waals surface area contributed by atoms with Crippen molar-refractivity contribution in [3.05, 3.63) is 30.1 Å². The molecule has 1 aromatic heterocycles. The molecule has 0 spiro atoms. The van der Waals surface area contributed by atoms with Crippen molar-refractivity contribution in [1.29, 1.82) is 0 Å². The molecule has 1 atom stereocenters. The number of rotatable bonds is 8. The fourth-order valence-electron chi connectivity index (χ4n) is 3.45. The van der Waals surface area contributed by atoms with Crippen molar-refractivity contribution in [2.24, 2.45) is 5.92 Å². The number of aromatic nitrogens is 1. The summed E-state index contributed by atoms with van der Waals surface area (Å²) >= 11 is 0. The molecular weight excluding hydrogens is 328 g/mol. The Bertz CT molecular complexity index is 615. The van der Waals surface area contributed by atoms with E-state index < -0.39 is 0 Å². The first-order valence-corrected chi connectivity index (χ1v) is 9.74. The fraction of sp³-hybridized carbons (Fsp3) is 0.650. The van der Waals surface area contributed by atoms with Gasteiger partial charge in [-0.15, -0.1) is 0 Å². The first-order valence-electron chi connectivity index (χ1n) is 9.74. The van der Waals surface area contributed by atoms with Crippen molar-refractivity contribution in [3.8, 4) is 0 Å². The van der Waals surface area contributed by atoms with Crippen LogP contribution < -0.4 is 5.32 Å². The van der Waals surface area contributed by atoms with Gasteiger partial charge in [-0.1, -0.05) is 13.8 Å². The molecule has 1 aromatic rings. The van der Waals surface area contributed by atoms with Crippen LogP contribution in [0.4, 0.5) is 0 Å². The van der Waals surface area contributed by atoms with Crippen LogP contribution in [0.3, 0.4) is 0 Å². The number of amides is 2. The van der Waals surface area contributed by atoms with Crippen LogP contribution in [-0.2, 0) is 16.1 Å². The van der Waals surface area contributed by atoms with Crippen LogP contribution in [0.2, 0.25) is 0 Å². The van der Waals surface area contributed by atoms with Crippen molar-refractivity contribution >= 4 is 11.8 Å². The van der Waals surface area contributed by atoms with Gasteiger partial charge in [0.1, 0.15) is 0 Å². The predicted octanol–water partition coefficient (Wildman–Crippen LogP) is 1.81. The summed E-state index contributed by atoms with van der Waals surface area (Å²) in [5, 5.41) is 2.93. The van der Waals surface area contributed by atoms with Crippen LogP contribution in [0.1, 0.15) is 45.1 Å². The van der Waals surface area contributed by atoms with Gasteiger partial charge in [0.25, 0.3) is 0 Å². The third-order valence-corrected chi connectivity index (χ3v) is 5.21. The number of carbonyl (C=O) groups excluding carboxylic acids is 2. The topological polar surface area (TPSA) is 65.5 Å². The summed E-state index contributed by atoms with van der Waals surface area (Å²) in [6.07, 6.45) is 6.95. The SMILES string of the molecule is CC(C)CCN1CCNC(=O)[C@H]1CC(=O)N(Cc1ccncc1)C1CC1. The molecule has 1 aliphatic heterocycles. The third-order valence-electron chi connectivity index (χ3n) is 5.21. The summed E-state index contributed by atoms with van der Waals surface area (Å²) in [7, 11) is 0.